The van der Waals surface area contributed by atoms with Crippen LogP contribution >= 0.6 is 0 Å². The lowest BCUT2D eigenvalue weighted by Crippen LogP contribution is -2.34. The van der Waals surface area contributed by atoms with Crippen molar-refractivity contribution in [3.8, 4) is 0 Å². The Labute approximate surface area is 90.9 Å². The SMILES string of the molecule is CC12CC(Cc3cncc(N)c3)C1(C)C2. The first kappa shape index (κ1) is 9.20. The van der Waals surface area contributed by atoms with Gasteiger partial charge in [-0.2, -0.15) is 0 Å². The molecule has 0 saturated heterocycles. The van der Waals surface area contributed by atoms with Crippen LogP contribution in [0.2, 0.25) is 0 Å². The molecule has 3 unspecified atom stereocenters. The summed E-state index contributed by atoms with van der Waals surface area (Å²) >= 11 is 0. The summed E-state index contributed by atoms with van der Waals surface area (Å²) in [5, 5.41) is 0. The summed E-state index contributed by atoms with van der Waals surface area (Å²) in [6.45, 7) is 4.85. The van der Waals surface area contributed by atoms with E-state index in [0.29, 0.717) is 10.8 Å². The first-order valence-corrected chi connectivity index (χ1v) is 5.73. The van der Waals surface area contributed by atoms with Gasteiger partial charge in [0.15, 0.2) is 0 Å². The van der Waals surface area contributed by atoms with E-state index >= 15 is 0 Å². The molecule has 3 rings (SSSR count). The number of nitrogens with two attached hydrogens (primary N) is 1. The highest BCUT2D eigenvalue weighted by molar-refractivity contribution is 5.38. The molecule has 2 N–H and O–H groups in total. The van der Waals surface area contributed by atoms with Crippen LogP contribution in [0.15, 0.2) is 18.5 Å². The molecule has 80 valence electrons. The molecule has 2 nitrogen and oxygen atoms in total. The second-order valence-electron chi connectivity index (χ2n) is 5.89. The summed E-state index contributed by atoms with van der Waals surface area (Å²) in [5.41, 5.74) is 9.12. The largest absolute Gasteiger partial charge is 0.397 e. The van der Waals surface area contributed by atoms with Gasteiger partial charge in [-0.05, 0) is 47.6 Å². The van der Waals surface area contributed by atoms with Crippen molar-refractivity contribution in [3.05, 3.63) is 24.0 Å². The van der Waals surface area contributed by atoms with Crippen LogP contribution in [0.4, 0.5) is 5.69 Å². The van der Waals surface area contributed by atoms with Crippen LogP contribution in [0.25, 0.3) is 0 Å². The molecule has 0 aliphatic heterocycles. The molecule has 0 radical (unpaired) electrons. The number of nitrogens with zero attached hydrogens (tertiary/aromatic N) is 1. The van der Waals surface area contributed by atoms with Crippen molar-refractivity contribution in [3.63, 3.8) is 0 Å². The number of hydrogen-bond donors (Lipinski definition) is 1. The normalized spacial score (nSPS) is 41.9. The molecule has 15 heavy (non-hydrogen) atoms. The van der Waals surface area contributed by atoms with E-state index in [1.807, 2.05) is 6.20 Å². The third-order valence-electron chi connectivity index (χ3n) is 4.91. The molecule has 2 aliphatic carbocycles. The Morgan fingerprint density at radius 3 is 2.80 bits per heavy atom. The second-order valence-corrected chi connectivity index (χ2v) is 5.89. The van der Waals surface area contributed by atoms with Crippen molar-refractivity contribution in [1.82, 2.24) is 4.98 Å². The van der Waals surface area contributed by atoms with Crippen LogP contribution in [0.1, 0.15) is 32.3 Å². The number of fused-ring (bicyclic) bond motifs is 1. The predicted octanol–water partition coefficient (Wildman–Crippen LogP) is 2.64. The molecule has 0 bridgehead atoms. The third kappa shape index (κ3) is 1.14. The Morgan fingerprint density at radius 1 is 1.47 bits per heavy atom. The molecule has 3 atom stereocenters. The number of rotatable bonds is 2. The highest BCUT2D eigenvalue weighted by atomic mass is 14.8. The van der Waals surface area contributed by atoms with Crippen LogP contribution in [0, 0.1) is 16.7 Å². The minimum absolute atomic E-state index is 0.623. The van der Waals surface area contributed by atoms with Gasteiger partial charge in [0.05, 0.1) is 5.69 Å². The van der Waals surface area contributed by atoms with Crippen LogP contribution in [0.5, 0.6) is 0 Å². The van der Waals surface area contributed by atoms with Crippen molar-refractivity contribution in [2.24, 2.45) is 16.7 Å². The number of aromatic nitrogens is 1. The maximum atomic E-state index is 5.74. The van der Waals surface area contributed by atoms with Gasteiger partial charge in [-0.3, -0.25) is 4.98 Å². The van der Waals surface area contributed by atoms with E-state index in [4.69, 9.17) is 5.73 Å². The van der Waals surface area contributed by atoms with Crippen molar-refractivity contribution in [1.29, 1.82) is 0 Å². The average molecular weight is 202 g/mol. The summed E-state index contributed by atoms with van der Waals surface area (Å²) in [7, 11) is 0. The van der Waals surface area contributed by atoms with Gasteiger partial charge in [0.1, 0.15) is 0 Å². The highest BCUT2D eigenvalue weighted by Gasteiger charge is 2.72. The zero-order valence-corrected chi connectivity index (χ0v) is 9.46. The van der Waals surface area contributed by atoms with E-state index in [-0.39, 0.29) is 0 Å². The molecule has 2 aliphatic rings. The van der Waals surface area contributed by atoms with E-state index in [2.05, 4.69) is 24.9 Å². The lowest BCUT2D eigenvalue weighted by atomic mass is 9.64. The Morgan fingerprint density at radius 2 is 2.27 bits per heavy atom. The fraction of sp³-hybridized carbons (Fsp3) is 0.615. The molecular weight excluding hydrogens is 184 g/mol. The zero-order valence-electron chi connectivity index (χ0n) is 9.46. The van der Waals surface area contributed by atoms with E-state index < -0.39 is 0 Å². The molecule has 1 aromatic heterocycles. The predicted molar refractivity (Wildman–Crippen MR) is 61.3 cm³/mol. The van der Waals surface area contributed by atoms with Crippen LogP contribution in [-0.2, 0) is 6.42 Å². The summed E-state index contributed by atoms with van der Waals surface area (Å²) in [6.07, 6.45) is 7.63. The van der Waals surface area contributed by atoms with Crippen LogP contribution < -0.4 is 5.73 Å². The van der Waals surface area contributed by atoms with Gasteiger partial charge < -0.3 is 5.73 Å². The van der Waals surface area contributed by atoms with Crippen LogP contribution in [-0.4, -0.2) is 4.98 Å². The molecule has 0 amide bonds. The minimum Gasteiger partial charge on any atom is -0.397 e. The first-order valence-electron chi connectivity index (χ1n) is 5.73. The van der Waals surface area contributed by atoms with Gasteiger partial charge in [-0.1, -0.05) is 13.8 Å². The smallest absolute Gasteiger partial charge is 0.0503 e. The van der Waals surface area contributed by atoms with Gasteiger partial charge in [0, 0.05) is 12.4 Å². The molecule has 0 spiro atoms. The highest BCUT2D eigenvalue weighted by Crippen LogP contribution is 2.80. The van der Waals surface area contributed by atoms with Gasteiger partial charge in [-0.15, -0.1) is 0 Å². The molecule has 0 aromatic carbocycles. The van der Waals surface area contributed by atoms with Crippen molar-refractivity contribution >= 4 is 5.69 Å². The average Bonchev–Trinajstić information content (AvgIpc) is 2.59. The lowest BCUT2D eigenvalue weighted by Gasteiger charge is -2.40. The van der Waals surface area contributed by atoms with E-state index in [1.165, 1.54) is 18.4 Å². The number of pyridine rings is 1. The summed E-state index contributed by atoms with van der Waals surface area (Å²) in [5.74, 6) is 0.853. The van der Waals surface area contributed by atoms with Crippen LogP contribution in [0.3, 0.4) is 0 Å². The molecule has 2 fully saturated rings. The van der Waals surface area contributed by atoms with Gasteiger partial charge >= 0.3 is 0 Å². The number of hydrogen-bond acceptors (Lipinski definition) is 2. The molecule has 2 heteroatoms. The summed E-state index contributed by atoms with van der Waals surface area (Å²) in [6, 6.07) is 2.06. The maximum Gasteiger partial charge on any atom is 0.0503 e. The topological polar surface area (TPSA) is 38.9 Å². The maximum absolute atomic E-state index is 5.74. The molecular formula is C13H18N2. The Balaban J connectivity index is 1.73. The number of nitrogen functional groups attached to an aromatic ring is 1. The Bertz CT molecular complexity index is 415. The molecule has 2 saturated carbocycles. The fourth-order valence-electron chi connectivity index (χ4n) is 3.55. The van der Waals surface area contributed by atoms with Gasteiger partial charge in [-0.25, -0.2) is 0 Å². The Kier molecular flexibility index (Phi) is 1.56. The molecule has 1 heterocycles. The van der Waals surface area contributed by atoms with Gasteiger partial charge in [0.25, 0.3) is 0 Å². The number of anilines is 1. The quantitative estimate of drug-likeness (QED) is 0.800. The third-order valence-corrected chi connectivity index (χ3v) is 4.91. The van der Waals surface area contributed by atoms with Crippen molar-refractivity contribution < 1.29 is 0 Å². The van der Waals surface area contributed by atoms with Crippen molar-refractivity contribution in [2.75, 3.05) is 5.73 Å². The van der Waals surface area contributed by atoms with E-state index in [1.54, 1.807) is 6.20 Å². The van der Waals surface area contributed by atoms with E-state index in [9.17, 15) is 0 Å². The summed E-state index contributed by atoms with van der Waals surface area (Å²) < 4.78 is 0. The standard InChI is InChI=1S/C13H18N2/c1-12-5-10(13(12,2)8-12)3-9-4-11(14)7-15-6-9/h4,6-7,10H,3,5,8,14H2,1-2H3. The second kappa shape index (κ2) is 2.55. The summed E-state index contributed by atoms with van der Waals surface area (Å²) in [4.78, 5) is 4.15. The van der Waals surface area contributed by atoms with Crippen molar-refractivity contribution in [2.45, 2.75) is 33.1 Å². The van der Waals surface area contributed by atoms with Gasteiger partial charge in [0.2, 0.25) is 0 Å². The lowest BCUT2D eigenvalue weighted by molar-refractivity contribution is 0.103. The van der Waals surface area contributed by atoms with E-state index in [0.717, 1.165) is 18.0 Å². The fourth-order valence-corrected chi connectivity index (χ4v) is 3.55. The Hall–Kier alpha value is -1.05. The zero-order chi connectivity index (χ0) is 10.7. The monoisotopic (exact) mass is 202 g/mol. The minimum atomic E-state index is 0.623. The first-order chi connectivity index (χ1) is 7.03. The molecule has 1 aromatic rings.